The number of halogens is 3. The SMILES string of the molecule is COc1cc(OS(=O)(=O)C(F)(F)F)c(C2(c3ccccc3)N=C(N)N(C)C2=O)c(-c2ccccc2)c1. The van der Waals surface area contributed by atoms with E-state index in [0.717, 1.165) is 11.0 Å². The van der Waals surface area contributed by atoms with Crippen molar-refractivity contribution in [3.05, 3.63) is 83.9 Å². The topological polar surface area (TPSA) is 111 Å². The fourth-order valence-electron chi connectivity index (χ4n) is 3.97. The number of likely N-dealkylation sites (N-methyl/N-ethyl adjacent to an activating group) is 1. The van der Waals surface area contributed by atoms with Crippen LogP contribution in [0.5, 0.6) is 11.5 Å². The van der Waals surface area contributed by atoms with Crippen LogP contribution in [0.4, 0.5) is 13.2 Å². The van der Waals surface area contributed by atoms with Gasteiger partial charge in [0.2, 0.25) is 0 Å². The van der Waals surface area contributed by atoms with Crippen LogP contribution in [0.15, 0.2) is 77.8 Å². The van der Waals surface area contributed by atoms with Crippen LogP contribution in [0.3, 0.4) is 0 Å². The van der Waals surface area contributed by atoms with E-state index in [1.54, 1.807) is 48.5 Å². The molecule has 36 heavy (non-hydrogen) atoms. The second-order valence-corrected chi connectivity index (χ2v) is 9.35. The summed E-state index contributed by atoms with van der Waals surface area (Å²) in [5, 5.41) is 0. The minimum atomic E-state index is -6.14. The Morgan fingerprint density at radius 2 is 1.58 bits per heavy atom. The Morgan fingerprint density at radius 1 is 1.00 bits per heavy atom. The molecular weight excluding hydrogens is 499 g/mol. The van der Waals surface area contributed by atoms with Crippen molar-refractivity contribution in [2.45, 2.75) is 11.0 Å². The molecule has 0 bridgehead atoms. The molecule has 1 unspecified atom stereocenters. The maximum atomic E-state index is 13.8. The maximum Gasteiger partial charge on any atom is 0.534 e. The number of methoxy groups -OCH3 is 1. The van der Waals surface area contributed by atoms with Crippen molar-refractivity contribution < 1.29 is 35.3 Å². The van der Waals surface area contributed by atoms with Crippen LogP contribution in [-0.4, -0.2) is 44.9 Å². The van der Waals surface area contributed by atoms with Crippen molar-refractivity contribution >= 4 is 22.0 Å². The van der Waals surface area contributed by atoms with Gasteiger partial charge in [-0.15, -0.1) is 0 Å². The molecule has 0 saturated heterocycles. The van der Waals surface area contributed by atoms with E-state index in [-0.39, 0.29) is 28.4 Å². The summed E-state index contributed by atoms with van der Waals surface area (Å²) in [6, 6.07) is 18.7. The van der Waals surface area contributed by atoms with Gasteiger partial charge in [-0.3, -0.25) is 9.69 Å². The summed E-state index contributed by atoms with van der Waals surface area (Å²) in [6.45, 7) is 0. The fourth-order valence-corrected chi connectivity index (χ4v) is 4.44. The molecule has 1 aliphatic rings. The Balaban J connectivity index is 2.18. The molecule has 1 heterocycles. The largest absolute Gasteiger partial charge is 0.534 e. The first-order valence-corrected chi connectivity index (χ1v) is 11.8. The van der Waals surface area contributed by atoms with Gasteiger partial charge in [-0.1, -0.05) is 60.7 Å². The molecule has 3 aromatic carbocycles. The number of nitrogens with two attached hydrogens (primary N) is 1. The van der Waals surface area contributed by atoms with Crippen LogP contribution in [0, 0.1) is 0 Å². The Morgan fingerprint density at radius 3 is 2.08 bits per heavy atom. The number of ether oxygens (including phenoxy) is 1. The highest BCUT2D eigenvalue weighted by atomic mass is 32.2. The predicted octanol–water partition coefficient (Wildman–Crippen LogP) is 3.62. The number of carbonyl (C=O) groups excluding carboxylic acids is 1. The van der Waals surface area contributed by atoms with Gasteiger partial charge >= 0.3 is 15.6 Å². The average Bonchev–Trinajstić information content (AvgIpc) is 3.08. The average molecular weight is 520 g/mol. The molecule has 2 N–H and O–H groups in total. The molecule has 1 aliphatic heterocycles. The summed E-state index contributed by atoms with van der Waals surface area (Å²) in [6.07, 6.45) is 0. The number of aliphatic imine (C=N–C) groups is 1. The van der Waals surface area contributed by atoms with Gasteiger partial charge in [0.1, 0.15) is 5.75 Å². The lowest BCUT2D eigenvalue weighted by molar-refractivity contribution is -0.129. The number of amides is 1. The number of hydrogen-bond acceptors (Lipinski definition) is 7. The van der Waals surface area contributed by atoms with Crippen LogP contribution in [0.25, 0.3) is 11.1 Å². The summed E-state index contributed by atoms with van der Waals surface area (Å²) >= 11 is 0. The van der Waals surface area contributed by atoms with E-state index >= 15 is 0 Å². The van der Waals surface area contributed by atoms with Crippen LogP contribution in [-0.2, 0) is 20.5 Å². The second kappa shape index (κ2) is 8.86. The van der Waals surface area contributed by atoms with E-state index in [9.17, 15) is 26.4 Å². The molecule has 0 fully saturated rings. The van der Waals surface area contributed by atoms with Gasteiger partial charge in [-0.05, 0) is 22.8 Å². The molecule has 0 saturated carbocycles. The molecule has 188 valence electrons. The minimum absolute atomic E-state index is 0.0102. The molecule has 0 aromatic heterocycles. The number of hydrogen-bond donors (Lipinski definition) is 1. The van der Waals surface area contributed by atoms with E-state index in [1.165, 1.54) is 32.4 Å². The number of benzene rings is 3. The van der Waals surface area contributed by atoms with Crippen molar-refractivity contribution in [1.82, 2.24) is 4.90 Å². The number of carbonyl (C=O) groups is 1. The van der Waals surface area contributed by atoms with E-state index in [0.29, 0.717) is 5.56 Å². The fraction of sp³-hybridized carbons (Fsp3) is 0.167. The normalized spacial score (nSPS) is 18.2. The maximum absolute atomic E-state index is 13.8. The zero-order valence-corrected chi connectivity index (χ0v) is 19.8. The zero-order valence-electron chi connectivity index (χ0n) is 19.0. The van der Waals surface area contributed by atoms with E-state index in [1.807, 2.05) is 0 Å². The Bertz CT molecular complexity index is 1450. The predicted molar refractivity (Wildman–Crippen MR) is 126 cm³/mol. The van der Waals surface area contributed by atoms with Crippen molar-refractivity contribution in [3.8, 4) is 22.6 Å². The van der Waals surface area contributed by atoms with Crippen LogP contribution in [0.1, 0.15) is 11.1 Å². The number of rotatable bonds is 6. The molecule has 1 atom stereocenters. The van der Waals surface area contributed by atoms with Gasteiger partial charge in [0.05, 0.1) is 7.11 Å². The van der Waals surface area contributed by atoms with Gasteiger partial charge in [0.25, 0.3) is 5.91 Å². The molecule has 12 heteroatoms. The molecule has 8 nitrogen and oxygen atoms in total. The number of nitrogens with zero attached hydrogens (tertiary/aromatic N) is 2. The lowest BCUT2D eigenvalue weighted by Gasteiger charge is -2.30. The third-order valence-electron chi connectivity index (χ3n) is 5.67. The Hall–Kier alpha value is -4.06. The third-order valence-corrected chi connectivity index (χ3v) is 6.64. The molecule has 4 rings (SSSR count). The van der Waals surface area contributed by atoms with Gasteiger partial charge < -0.3 is 14.7 Å². The van der Waals surface area contributed by atoms with E-state index in [2.05, 4.69) is 9.18 Å². The van der Waals surface area contributed by atoms with Crippen molar-refractivity contribution in [2.24, 2.45) is 10.7 Å². The summed E-state index contributed by atoms with van der Waals surface area (Å²) in [4.78, 5) is 19.2. The molecular formula is C24H20F3N3O5S. The highest BCUT2D eigenvalue weighted by molar-refractivity contribution is 7.88. The minimum Gasteiger partial charge on any atom is -0.497 e. The summed E-state index contributed by atoms with van der Waals surface area (Å²) in [5.41, 5.74) is -1.21. The van der Waals surface area contributed by atoms with Crippen molar-refractivity contribution in [3.63, 3.8) is 0 Å². The van der Waals surface area contributed by atoms with E-state index in [4.69, 9.17) is 10.5 Å². The van der Waals surface area contributed by atoms with Crippen molar-refractivity contribution in [1.29, 1.82) is 0 Å². The van der Waals surface area contributed by atoms with Gasteiger partial charge in [0, 0.05) is 18.7 Å². The molecule has 1 amide bonds. The summed E-state index contributed by atoms with van der Waals surface area (Å²) in [7, 11) is -3.54. The first kappa shape index (κ1) is 25.0. The first-order valence-electron chi connectivity index (χ1n) is 10.4. The van der Waals surface area contributed by atoms with Crippen LogP contribution >= 0.6 is 0 Å². The smallest absolute Gasteiger partial charge is 0.497 e. The molecule has 3 aromatic rings. The van der Waals surface area contributed by atoms with Crippen LogP contribution in [0.2, 0.25) is 0 Å². The summed E-state index contributed by atoms with van der Waals surface area (Å²) in [5.74, 6) is -1.73. The second-order valence-electron chi connectivity index (χ2n) is 7.81. The highest BCUT2D eigenvalue weighted by Crippen LogP contribution is 2.50. The van der Waals surface area contributed by atoms with Gasteiger partial charge in [-0.2, -0.15) is 21.6 Å². The first-order chi connectivity index (χ1) is 16.9. The van der Waals surface area contributed by atoms with Gasteiger partial charge in [-0.25, -0.2) is 4.99 Å². The van der Waals surface area contributed by atoms with Gasteiger partial charge in [0.15, 0.2) is 17.2 Å². The van der Waals surface area contributed by atoms with Crippen LogP contribution < -0.4 is 14.7 Å². The standard InChI is InChI=1S/C24H20F3N3O5S/c1-30-21(31)23(29-22(30)28,16-11-7-4-8-12-16)20-18(15-9-5-3-6-10-15)13-17(34-2)14-19(20)35-36(32,33)24(25,26)27/h3-14H,1-2H3,(H2,28,29). The monoisotopic (exact) mass is 519 g/mol. The highest BCUT2D eigenvalue weighted by Gasteiger charge is 2.54. The molecule has 0 aliphatic carbocycles. The Labute approximate surface area is 204 Å². The lowest BCUT2D eigenvalue weighted by atomic mass is 9.78. The number of guanidine groups is 1. The quantitative estimate of drug-likeness (QED) is 0.393. The zero-order chi connectivity index (χ0) is 26.3. The lowest BCUT2D eigenvalue weighted by Crippen LogP contribution is -2.42. The van der Waals surface area contributed by atoms with E-state index < -0.39 is 32.8 Å². The summed E-state index contributed by atoms with van der Waals surface area (Å²) < 4.78 is 74.3. The molecule has 0 spiro atoms. The van der Waals surface area contributed by atoms with Crippen molar-refractivity contribution in [2.75, 3.05) is 14.2 Å². The third kappa shape index (κ3) is 4.02. The number of alkyl halides is 3. The Kier molecular flexibility index (Phi) is 6.17. The molecule has 0 radical (unpaired) electrons.